The van der Waals surface area contributed by atoms with Crippen molar-refractivity contribution < 1.29 is 9.59 Å². The first-order valence-electron chi connectivity index (χ1n) is 6.65. The van der Waals surface area contributed by atoms with Gasteiger partial charge >= 0.3 is 6.03 Å². The number of amides is 3. The molecule has 3 amide bonds. The van der Waals surface area contributed by atoms with Crippen LogP contribution in [0.25, 0.3) is 0 Å². The predicted octanol–water partition coefficient (Wildman–Crippen LogP) is -0.826. The molecular formula is C11H19N7O2S. The summed E-state index contributed by atoms with van der Waals surface area (Å²) in [6, 6.07) is -0.625. The van der Waals surface area contributed by atoms with Crippen LogP contribution in [-0.2, 0) is 11.8 Å². The molecule has 9 nitrogen and oxygen atoms in total. The van der Waals surface area contributed by atoms with E-state index >= 15 is 0 Å². The number of thioether (sulfide) groups is 1. The maximum atomic E-state index is 12.1. The molecule has 0 aliphatic carbocycles. The lowest BCUT2D eigenvalue weighted by Gasteiger charge is -2.37. The van der Waals surface area contributed by atoms with E-state index in [-0.39, 0.29) is 11.9 Å². The van der Waals surface area contributed by atoms with Crippen LogP contribution < -0.4 is 5.32 Å². The highest BCUT2D eigenvalue weighted by atomic mass is 32.2. The van der Waals surface area contributed by atoms with Gasteiger partial charge in [-0.2, -0.15) is 0 Å². The topological polar surface area (TPSA) is 96.2 Å². The first kappa shape index (κ1) is 15.5. The summed E-state index contributed by atoms with van der Waals surface area (Å²) in [6.07, 6.45) is 0. The minimum atomic E-state index is -0.417. The van der Waals surface area contributed by atoms with Gasteiger partial charge in [0, 0.05) is 39.5 Å². The van der Waals surface area contributed by atoms with Crippen molar-refractivity contribution in [2.24, 2.45) is 7.05 Å². The molecule has 10 heteroatoms. The molecule has 1 N–H and O–H groups in total. The van der Waals surface area contributed by atoms with Gasteiger partial charge in [-0.15, -0.1) is 5.10 Å². The molecule has 1 aromatic heterocycles. The molecule has 0 saturated carbocycles. The van der Waals surface area contributed by atoms with Gasteiger partial charge in [0.2, 0.25) is 11.1 Å². The van der Waals surface area contributed by atoms with Crippen LogP contribution in [0.3, 0.4) is 0 Å². The van der Waals surface area contributed by atoms with Crippen molar-refractivity contribution in [1.82, 2.24) is 35.3 Å². The normalized spacial score (nSPS) is 19.0. The molecule has 2 rings (SSSR count). The van der Waals surface area contributed by atoms with Crippen molar-refractivity contribution in [3.05, 3.63) is 0 Å². The number of tetrazole rings is 1. The number of carbonyl (C=O) groups is 2. The van der Waals surface area contributed by atoms with E-state index in [9.17, 15) is 9.59 Å². The van der Waals surface area contributed by atoms with Gasteiger partial charge in [-0.05, 0) is 17.4 Å². The van der Waals surface area contributed by atoms with Crippen molar-refractivity contribution >= 4 is 23.7 Å². The van der Waals surface area contributed by atoms with Crippen molar-refractivity contribution in [2.45, 2.75) is 18.1 Å². The van der Waals surface area contributed by atoms with E-state index in [1.807, 2.05) is 0 Å². The summed E-state index contributed by atoms with van der Waals surface area (Å²) in [7, 11) is 3.51. The fourth-order valence-electron chi connectivity index (χ4n) is 2.04. The summed E-state index contributed by atoms with van der Waals surface area (Å²) in [5.41, 5.74) is 0. The third kappa shape index (κ3) is 3.63. The number of urea groups is 1. The smallest absolute Gasteiger partial charge is 0.318 e. The second kappa shape index (κ2) is 6.74. The van der Waals surface area contributed by atoms with Gasteiger partial charge in [-0.25, -0.2) is 9.48 Å². The van der Waals surface area contributed by atoms with Gasteiger partial charge in [0.15, 0.2) is 0 Å². The second-order valence-corrected chi connectivity index (χ2v) is 5.86. The lowest BCUT2D eigenvalue weighted by atomic mass is 10.2. The Morgan fingerprint density at radius 3 is 2.86 bits per heavy atom. The standard InChI is InChI=1S/C11H19N7O2S/c1-8-9(19)16(2)5-6-18(8)10(20)12-4-7-21-11-13-14-15-17(11)3/h8H,4-7H2,1-3H3,(H,12,20)/t8-/m1/s1. The number of nitrogens with one attached hydrogen (secondary N) is 1. The minimum Gasteiger partial charge on any atom is -0.342 e. The van der Waals surface area contributed by atoms with E-state index in [2.05, 4.69) is 20.8 Å². The van der Waals surface area contributed by atoms with Crippen LogP contribution in [0.15, 0.2) is 5.16 Å². The van der Waals surface area contributed by atoms with Crippen molar-refractivity contribution in [3.63, 3.8) is 0 Å². The van der Waals surface area contributed by atoms with E-state index in [0.29, 0.717) is 30.5 Å². The summed E-state index contributed by atoms with van der Waals surface area (Å²) in [5.74, 6) is 0.631. The Balaban J connectivity index is 1.74. The number of nitrogens with zero attached hydrogens (tertiary/aromatic N) is 6. The molecule has 1 aliphatic rings. The first-order valence-corrected chi connectivity index (χ1v) is 7.64. The lowest BCUT2D eigenvalue weighted by molar-refractivity contribution is -0.137. The number of carbonyl (C=O) groups excluding carboxylic acids is 2. The molecule has 0 spiro atoms. The molecule has 0 radical (unpaired) electrons. The first-order chi connectivity index (χ1) is 10.0. The minimum absolute atomic E-state index is 0.0315. The van der Waals surface area contributed by atoms with E-state index in [1.165, 1.54) is 11.8 Å². The van der Waals surface area contributed by atoms with E-state index in [1.54, 1.807) is 35.5 Å². The zero-order valence-corrected chi connectivity index (χ0v) is 13.1. The molecular weight excluding hydrogens is 294 g/mol. The molecule has 1 atom stereocenters. The summed E-state index contributed by atoms with van der Waals surface area (Å²) in [4.78, 5) is 27.1. The summed E-state index contributed by atoms with van der Waals surface area (Å²) in [6.45, 7) is 3.35. The molecule has 21 heavy (non-hydrogen) atoms. The third-order valence-electron chi connectivity index (χ3n) is 3.33. The van der Waals surface area contributed by atoms with Crippen LogP contribution in [0.1, 0.15) is 6.92 Å². The van der Waals surface area contributed by atoms with Crippen molar-refractivity contribution in [3.8, 4) is 0 Å². The Bertz CT molecular complexity index is 520. The average molecular weight is 313 g/mol. The van der Waals surface area contributed by atoms with Crippen LogP contribution in [0, 0.1) is 0 Å². The van der Waals surface area contributed by atoms with Gasteiger partial charge < -0.3 is 15.1 Å². The summed E-state index contributed by atoms with van der Waals surface area (Å²) >= 11 is 1.46. The molecule has 1 saturated heterocycles. The van der Waals surface area contributed by atoms with Crippen LogP contribution in [0.2, 0.25) is 0 Å². The zero-order valence-electron chi connectivity index (χ0n) is 12.3. The number of hydrogen-bond donors (Lipinski definition) is 1. The molecule has 0 bridgehead atoms. The summed E-state index contributed by atoms with van der Waals surface area (Å²) < 4.78 is 1.58. The Labute approximate surface area is 127 Å². The number of likely N-dealkylation sites (N-methyl/N-ethyl adjacent to an activating group) is 1. The number of rotatable bonds is 4. The summed E-state index contributed by atoms with van der Waals surface area (Å²) in [5, 5.41) is 14.6. The van der Waals surface area contributed by atoms with Crippen molar-refractivity contribution in [1.29, 1.82) is 0 Å². The Morgan fingerprint density at radius 2 is 2.19 bits per heavy atom. The average Bonchev–Trinajstić information content (AvgIpc) is 2.86. The van der Waals surface area contributed by atoms with Crippen molar-refractivity contribution in [2.75, 3.05) is 32.4 Å². The van der Waals surface area contributed by atoms with E-state index < -0.39 is 6.04 Å². The molecule has 1 fully saturated rings. The predicted molar refractivity (Wildman–Crippen MR) is 76.7 cm³/mol. The quantitative estimate of drug-likeness (QED) is 0.576. The Hall–Kier alpha value is -1.84. The number of aryl methyl sites for hydroxylation is 1. The highest BCUT2D eigenvalue weighted by molar-refractivity contribution is 7.99. The number of hydrogen-bond acceptors (Lipinski definition) is 6. The van der Waals surface area contributed by atoms with Crippen LogP contribution >= 0.6 is 11.8 Å². The molecule has 0 aromatic carbocycles. The van der Waals surface area contributed by atoms with Crippen LogP contribution in [-0.4, -0.2) is 80.4 Å². The largest absolute Gasteiger partial charge is 0.342 e. The second-order valence-electron chi connectivity index (χ2n) is 4.79. The molecule has 116 valence electrons. The maximum Gasteiger partial charge on any atom is 0.318 e. The Kier molecular flexibility index (Phi) is 4.99. The van der Waals surface area contributed by atoms with E-state index in [4.69, 9.17) is 0 Å². The molecule has 1 aliphatic heterocycles. The maximum absolute atomic E-state index is 12.1. The van der Waals surface area contributed by atoms with Gasteiger partial charge in [0.1, 0.15) is 6.04 Å². The Morgan fingerprint density at radius 1 is 1.43 bits per heavy atom. The lowest BCUT2D eigenvalue weighted by Crippen LogP contribution is -2.58. The number of aromatic nitrogens is 4. The zero-order chi connectivity index (χ0) is 15.4. The third-order valence-corrected chi connectivity index (χ3v) is 4.34. The van der Waals surface area contributed by atoms with Gasteiger partial charge in [-0.3, -0.25) is 4.79 Å². The number of piperazine rings is 1. The van der Waals surface area contributed by atoms with Gasteiger partial charge in [-0.1, -0.05) is 11.8 Å². The van der Waals surface area contributed by atoms with Gasteiger partial charge in [0.25, 0.3) is 0 Å². The monoisotopic (exact) mass is 313 g/mol. The molecule has 1 aromatic rings. The fourth-order valence-corrected chi connectivity index (χ4v) is 2.74. The van der Waals surface area contributed by atoms with Gasteiger partial charge in [0.05, 0.1) is 0 Å². The fraction of sp³-hybridized carbons (Fsp3) is 0.727. The molecule has 2 heterocycles. The molecule has 0 unspecified atom stereocenters. The van der Waals surface area contributed by atoms with E-state index in [0.717, 1.165) is 0 Å². The van der Waals surface area contributed by atoms with Crippen LogP contribution in [0.5, 0.6) is 0 Å². The highest BCUT2D eigenvalue weighted by Crippen LogP contribution is 2.12. The highest BCUT2D eigenvalue weighted by Gasteiger charge is 2.32. The SMILES string of the molecule is C[C@@H]1C(=O)N(C)CCN1C(=O)NCCSc1nnnn1C. The van der Waals surface area contributed by atoms with Crippen LogP contribution in [0.4, 0.5) is 4.79 Å².